The van der Waals surface area contributed by atoms with E-state index in [9.17, 15) is 13.2 Å². The first-order chi connectivity index (χ1) is 14.9. The third-order valence-electron chi connectivity index (χ3n) is 3.87. The summed E-state index contributed by atoms with van der Waals surface area (Å²) in [6.45, 7) is 6.58. The van der Waals surface area contributed by atoms with Crippen molar-refractivity contribution in [2.45, 2.75) is 18.7 Å². The molecule has 0 saturated heterocycles. The van der Waals surface area contributed by atoms with Crippen molar-refractivity contribution in [3.8, 4) is 11.5 Å². The molecule has 0 radical (unpaired) electrons. The number of aliphatic carboxylic acids is 1. The molecule has 4 N–H and O–H groups in total. The number of hydrogen-bond acceptors (Lipinski definition) is 8. The Morgan fingerprint density at radius 1 is 1.38 bits per heavy atom. The molecule has 2 aromatic rings. The highest BCUT2D eigenvalue weighted by Gasteiger charge is 2.27. The second-order valence-corrected chi connectivity index (χ2v) is 8.47. The normalized spacial score (nSPS) is 11.8. The maximum absolute atomic E-state index is 12.7. The zero-order chi connectivity index (χ0) is 24.1. The minimum absolute atomic E-state index is 0.0434. The van der Waals surface area contributed by atoms with Gasteiger partial charge in [0.1, 0.15) is 23.3 Å². The highest BCUT2D eigenvalue weighted by atomic mass is 35.5. The van der Waals surface area contributed by atoms with Gasteiger partial charge in [-0.15, -0.1) is 0 Å². The topological polar surface area (TPSA) is 161 Å². The largest absolute Gasteiger partial charge is 0.490 e. The zero-order valence-corrected chi connectivity index (χ0v) is 19.3. The number of rotatable bonds is 9. The first kappa shape index (κ1) is 24.9. The van der Waals surface area contributed by atoms with E-state index in [-0.39, 0.29) is 40.6 Å². The summed E-state index contributed by atoms with van der Waals surface area (Å²) in [5.74, 6) is 4.84. The van der Waals surface area contributed by atoms with Gasteiger partial charge in [0.25, 0.3) is 0 Å². The van der Waals surface area contributed by atoms with E-state index in [1.54, 1.807) is 13.0 Å². The fraction of sp³-hybridized carbons (Fsp3) is 0.333. The first-order valence-electron chi connectivity index (χ1n) is 9.14. The molecule has 12 nitrogen and oxygen atoms in total. The van der Waals surface area contributed by atoms with Gasteiger partial charge in [-0.25, -0.2) is 4.79 Å². The Hall–Kier alpha value is -3.32. The van der Waals surface area contributed by atoms with E-state index >= 15 is 0 Å². The first-order valence-corrected chi connectivity index (χ1v) is 10.9. The molecule has 1 aromatic carbocycles. The lowest BCUT2D eigenvalue weighted by molar-refractivity contribution is -0.415. The van der Waals surface area contributed by atoms with Gasteiger partial charge in [0.15, 0.2) is 4.90 Å². The zero-order valence-electron chi connectivity index (χ0n) is 17.7. The number of nitrogens with one attached hydrogen (secondary N) is 1. The standard InChI is InChI=1S/C18H23ClN6O6S/c1-11-7-13(30-6-5-21-18(24(3)20)22-10-15(26)27)9-14(8-11)31-32(28,29)16-12(2)23-25(4)17(16)19/h7-9H,3,5-6,10,20H2,1-2,4H3,(H-,21,22,26,27)/p+1. The van der Waals surface area contributed by atoms with Gasteiger partial charge in [0, 0.05) is 13.1 Å². The number of hydrazine groups is 1. The Morgan fingerprint density at radius 3 is 2.59 bits per heavy atom. The Balaban J connectivity index is 2.07. The van der Waals surface area contributed by atoms with Crippen LogP contribution in [0.25, 0.3) is 0 Å². The van der Waals surface area contributed by atoms with Crippen LogP contribution in [0.5, 0.6) is 11.5 Å². The Kier molecular flexibility index (Phi) is 8.05. The second-order valence-electron chi connectivity index (χ2n) is 6.63. The van der Waals surface area contributed by atoms with E-state index in [1.807, 2.05) is 0 Å². The molecule has 0 aliphatic rings. The van der Waals surface area contributed by atoms with Gasteiger partial charge in [0.05, 0.1) is 19.0 Å². The lowest BCUT2D eigenvalue weighted by Gasteiger charge is -2.11. The number of ether oxygens (including phenoxy) is 1. The molecule has 0 bridgehead atoms. The van der Waals surface area contributed by atoms with Gasteiger partial charge < -0.3 is 14.0 Å². The average Bonchev–Trinajstić information content (AvgIpc) is 2.92. The molecule has 2 rings (SSSR count). The van der Waals surface area contributed by atoms with E-state index < -0.39 is 22.6 Å². The smallest absolute Gasteiger partial charge is 0.408 e. The Morgan fingerprint density at radius 2 is 2.03 bits per heavy atom. The number of benzene rings is 1. The number of aliphatic imine (C=N–C) groups is 1. The molecule has 14 heteroatoms. The van der Waals surface area contributed by atoms with E-state index in [0.29, 0.717) is 11.3 Å². The van der Waals surface area contributed by atoms with Gasteiger partial charge in [-0.2, -0.15) is 18.2 Å². The van der Waals surface area contributed by atoms with Crippen LogP contribution in [0.2, 0.25) is 5.15 Å². The van der Waals surface area contributed by atoms with Crippen molar-refractivity contribution in [1.29, 1.82) is 0 Å². The molecule has 174 valence electrons. The van der Waals surface area contributed by atoms with Gasteiger partial charge in [-0.3, -0.25) is 15.8 Å². The average molecular weight is 488 g/mol. The summed E-state index contributed by atoms with van der Waals surface area (Å²) in [5.41, 5.74) is 0.914. The third kappa shape index (κ3) is 6.59. The van der Waals surface area contributed by atoms with Crippen LogP contribution in [0.15, 0.2) is 28.1 Å². The molecule has 0 fully saturated rings. The molecule has 0 atom stereocenters. The van der Waals surface area contributed by atoms with Crippen molar-refractivity contribution < 1.29 is 31.9 Å². The number of nitrogens with two attached hydrogens (primary N) is 1. The molecular weight excluding hydrogens is 464 g/mol. The van der Waals surface area contributed by atoms with E-state index in [0.717, 1.165) is 4.68 Å². The number of aryl methyl sites for hydroxylation is 3. The number of guanidine groups is 1. The van der Waals surface area contributed by atoms with Crippen molar-refractivity contribution >= 4 is 40.4 Å². The predicted molar refractivity (Wildman–Crippen MR) is 117 cm³/mol. The number of hydrogen-bond donors (Lipinski definition) is 3. The second kappa shape index (κ2) is 10.3. The number of hydrazone groups is 1. The minimum atomic E-state index is -4.22. The molecule has 0 saturated carbocycles. The Labute approximate surface area is 190 Å². The van der Waals surface area contributed by atoms with Crippen molar-refractivity contribution in [3.05, 3.63) is 34.6 Å². The number of carboxylic acids is 1. The molecule has 0 aliphatic heterocycles. The molecule has 0 aliphatic carbocycles. The van der Waals surface area contributed by atoms with Crippen molar-refractivity contribution in [2.24, 2.45) is 17.9 Å². The monoisotopic (exact) mass is 487 g/mol. The quantitative estimate of drug-likeness (QED) is 0.0867. The van der Waals surface area contributed by atoms with Crippen LogP contribution in [-0.4, -0.2) is 66.3 Å². The fourth-order valence-electron chi connectivity index (χ4n) is 2.63. The van der Waals surface area contributed by atoms with Gasteiger partial charge in [0.2, 0.25) is 6.54 Å². The van der Waals surface area contributed by atoms with Crippen LogP contribution in [0.3, 0.4) is 0 Å². The molecular formula is C18H24ClN6O6S+. The lowest BCUT2D eigenvalue weighted by Crippen LogP contribution is -2.40. The van der Waals surface area contributed by atoms with Crippen LogP contribution in [0, 0.1) is 13.8 Å². The summed E-state index contributed by atoms with van der Waals surface area (Å²) in [4.78, 5) is 14.2. The van der Waals surface area contributed by atoms with Crippen LogP contribution < -0.4 is 20.1 Å². The molecule has 0 amide bonds. The summed E-state index contributed by atoms with van der Waals surface area (Å²) in [6, 6.07) is 4.64. The lowest BCUT2D eigenvalue weighted by atomic mass is 10.2. The number of halogens is 1. The van der Waals surface area contributed by atoms with Crippen LogP contribution in [-0.2, 0) is 22.0 Å². The van der Waals surface area contributed by atoms with E-state index in [4.69, 9.17) is 31.5 Å². The summed E-state index contributed by atoms with van der Waals surface area (Å²) in [7, 11) is -2.69. The summed E-state index contributed by atoms with van der Waals surface area (Å²) < 4.78 is 38.4. The third-order valence-corrected chi connectivity index (χ3v) is 5.82. The van der Waals surface area contributed by atoms with Crippen LogP contribution in [0.4, 0.5) is 0 Å². The SMILES string of the molecule is C=[N+](N)C(=NCC(=O)O)NCCOc1cc(C)cc(OS(=O)(=O)c2c(C)nn(C)c2Cl)c1. The summed E-state index contributed by atoms with van der Waals surface area (Å²) >= 11 is 6.05. The Bertz CT molecular complexity index is 1160. The molecule has 0 unspecified atom stereocenters. The van der Waals surface area contributed by atoms with Crippen molar-refractivity contribution in [3.63, 3.8) is 0 Å². The summed E-state index contributed by atoms with van der Waals surface area (Å²) in [5, 5.41) is 15.4. The van der Waals surface area contributed by atoms with Crippen LogP contribution in [0.1, 0.15) is 11.3 Å². The van der Waals surface area contributed by atoms with E-state index in [1.165, 1.54) is 30.8 Å². The van der Waals surface area contributed by atoms with Gasteiger partial charge in [-0.1, -0.05) is 16.6 Å². The molecule has 32 heavy (non-hydrogen) atoms. The van der Waals surface area contributed by atoms with E-state index in [2.05, 4.69) is 22.1 Å². The fourth-order valence-corrected chi connectivity index (χ4v) is 4.26. The minimum Gasteiger partial charge on any atom is -0.490 e. The number of carboxylic acid groups (broad SMARTS) is 1. The highest BCUT2D eigenvalue weighted by Crippen LogP contribution is 2.29. The van der Waals surface area contributed by atoms with Gasteiger partial charge in [-0.05, 0) is 31.5 Å². The summed E-state index contributed by atoms with van der Waals surface area (Å²) in [6.07, 6.45) is 0. The predicted octanol–water partition coefficient (Wildman–Crippen LogP) is 0.454. The number of nitrogens with zero attached hydrogens (tertiary/aromatic N) is 4. The van der Waals surface area contributed by atoms with Crippen molar-refractivity contribution in [1.82, 2.24) is 15.1 Å². The van der Waals surface area contributed by atoms with Gasteiger partial charge >= 0.3 is 22.0 Å². The van der Waals surface area contributed by atoms with Crippen molar-refractivity contribution in [2.75, 3.05) is 19.7 Å². The van der Waals surface area contributed by atoms with Crippen LogP contribution >= 0.6 is 11.6 Å². The maximum atomic E-state index is 12.7. The molecule has 1 aromatic heterocycles. The number of carbonyl (C=O) groups is 1. The number of aromatic nitrogens is 2. The molecule has 1 heterocycles. The highest BCUT2D eigenvalue weighted by molar-refractivity contribution is 7.87. The molecule has 0 spiro atoms. The maximum Gasteiger partial charge on any atom is 0.408 e.